The number of pyridine rings is 3. The van der Waals surface area contributed by atoms with E-state index in [1.165, 1.54) is 25.5 Å². The van der Waals surface area contributed by atoms with Crippen LogP contribution in [0.25, 0.3) is 33.5 Å². The fourth-order valence-electron chi connectivity index (χ4n) is 3.27. The second kappa shape index (κ2) is 8.87. The zero-order valence-corrected chi connectivity index (χ0v) is 16.2. The molecule has 0 aromatic carbocycles. The zero-order chi connectivity index (χ0) is 20.1. The first-order valence-electron chi connectivity index (χ1n) is 9.68. The van der Waals surface area contributed by atoms with E-state index in [-0.39, 0.29) is 0 Å². The molecule has 1 aliphatic heterocycles. The van der Waals surface area contributed by atoms with Crippen LogP contribution in [0.15, 0.2) is 49.1 Å². The molecule has 29 heavy (non-hydrogen) atoms. The number of H-pyrrole nitrogens is 1. The third-order valence-electron chi connectivity index (χ3n) is 4.67. The fourth-order valence-corrected chi connectivity index (χ4v) is 3.27. The molecule has 1 N–H and O–H groups in total. The Morgan fingerprint density at radius 1 is 0.966 bits per heavy atom. The molecule has 5 rings (SSSR count). The minimum absolute atomic E-state index is 0.393. The summed E-state index contributed by atoms with van der Waals surface area (Å²) in [5.41, 5.74) is 3.93. The molecule has 0 radical (unpaired) electrons. The number of rotatable bonds is 2. The highest BCUT2D eigenvalue weighted by Gasteiger charge is 2.16. The van der Waals surface area contributed by atoms with Crippen LogP contribution in [0, 0.1) is 12.7 Å². The number of halogens is 1. The molecule has 0 saturated carbocycles. The Labute approximate surface area is 168 Å². The number of aromatic amines is 1. The molecule has 5 heterocycles. The van der Waals surface area contributed by atoms with E-state index in [0.29, 0.717) is 22.5 Å². The van der Waals surface area contributed by atoms with E-state index < -0.39 is 5.82 Å². The average molecular weight is 391 g/mol. The normalized spacial score (nSPS) is 13.7. The van der Waals surface area contributed by atoms with Crippen molar-refractivity contribution >= 4 is 11.2 Å². The lowest BCUT2D eigenvalue weighted by molar-refractivity contribution is 0.0968. The molecule has 0 spiro atoms. The van der Waals surface area contributed by atoms with E-state index in [1.54, 1.807) is 24.7 Å². The Morgan fingerprint density at radius 2 is 1.79 bits per heavy atom. The highest BCUT2D eigenvalue weighted by Crippen LogP contribution is 2.33. The summed E-state index contributed by atoms with van der Waals surface area (Å²) in [4.78, 5) is 20.1. The van der Waals surface area contributed by atoms with Crippen LogP contribution in [-0.2, 0) is 4.74 Å². The quantitative estimate of drug-likeness (QED) is 0.535. The van der Waals surface area contributed by atoms with Crippen molar-refractivity contribution in [3.63, 3.8) is 0 Å². The van der Waals surface area contributed by atoms with Crippen molar-refractivity contribution in [2.45, 2.75) is 26.2 Å². The maximum Gasteiger partial charge on any atom is 0.178 e. The van der Waals surface area contributed by atoms with E-state index in [0.717, 1.165) is 30.1 Å². The number of fused-ring (bicyclic) bond motifs is 1. The second-order valence-corrected chi connectivity index (χ2v) is 6.85. The molecule has 0 atom stereocenters. The van der Waals surface area contributed by atoms with Crippen molar-refractivity contribution in [1.29, 1.82) is 0 Å². The number of aromatic nitrogens is 5. The van der Waals surface area contributed by atoms with Crippen LogP contribution in [0.2, 0.25) is 0 Å². The predicted molar refractivity (Wildman–Crippen MR) is 110 cm³/mol. The number of hydrogen-bond acceptors (Lipinski definition) is 5. The van der Waals surface area contributed by atoms with Gasteiger partial charge in [-0.05, 0) is 50.5 Å². The molecule has 0 aliphatic carbocycles. The molecule has 4 aromatic heterocycles. The smallest absolute Gasteiger partial charge is 0.178 e. The lowest BCUT2D eigenvalue weighted by Gasteiger charge is -2.09. The monoisotopic (exact) mass is 391 g/mol. The summed E-state index contributed by atoms with van der Waals surface area (Å²) in [5.74, 6) is 0.368. The summed E-state index contributed by atoms with van der Waals surface area (Å²) in [7, 11) is 0. The largest absolute Gasteiger partial charge is 0.381 e. The van der Waals surface area contributed by atoms with Gasteiger partial charge in [0.2, 0.25) is 0 Å². The van der Waals surface area contributed by atoms with Gasteiger partial charge in [0.05, 0.1) is 17.4 Å². The van der Waals surface area contributed by atoms with Gasteiger partial charge in [0.1, 0.15) is 11.6 Å². The van der Waals surface area contributed by atoms with Gasteiger partial charge in [-0.25, -0.2) is 14.4 Å². The Kier molecular flexibility index (Phi) is 5.86. The van der Waals surface area contributed by atoms with Gasteiger partial charge in [-0.1, -0.05) is 0 Å². The summed E-state index contributed by atoms with van der Waals surface area (Å²) in [6, 6.07) is 7.22. The Bertz CT molecular complexity index is 1080. The summed E-state index contributed by atoms with van der Waals surface area (Å²) in [6.07, 6.45) is 10.1. The van der Waals surface area contributed by atoms with Crippen LogP contribution < -0.4 is 0 Å². The van der Waals surface area contributed by atoms with E-state index in [1.807, 2.05) is 25.1 Å². The van der Waals surface area contributed by atoms with Crippen molar-refractivity contribution < 1.29 is 9.13 Å². The molecule has 148 valence electrons. The van der Waals surface area contributed by atoms with Gasteiger partial charge in [0.15, 0.2) is 5.65 Å². The van der Waals surface area contributed by atoms with Crippen LogP contribution >= 0.6 is 0 Å². The molecular weight excluding hydrogens is 369 g/mol. The van der Waals surface area contributed by atoms with Crippen molar-refractivity contribution in [1.82, 2.24) is 24.9 Å². The molecule has 1 saturated heterocycles. The van der Waals surface area contributed by atoms with E-state index in [9.17, 15) is 4.39 Å². The van der Waals surface area contributed by atoms with Gasteiger partial charge in [-0.15, -0.1) is 0 Å². The summed E-state index contributed by atoms with van der Waals surface area (Å²) in [6.45, 7) is 3.86. The minimum Gasteiger partial charge on any atom is -0.381 e. The molecule has 4 aromatic rings. The zero-order valence-electron chi connectivity index (χ0n) is 16.2. The first-order valence-corrected chi connectivity index (χ1v) is 9.68. The predicted octanol–water partition coefficient (Wildman–Crippen LogP) is 4.72. The highest BCUT2D eigenvalue weighted by molar-refractivity contribution is 5.88. The van der Waals surface area contributed by atoms with Crippen LogP contribution in [0.5, 0.6) is 0 Å². The van der Waals surface area contributed by atoms with Crippen molar-refractivity contribution in [2.75, 3.05) is 13.2 Å². The van der Waals surface area contributed by atoms with Gasteiger partial charge in [0, 0.05) is 48.5 Å². The molecule has 0 amide bonds. The van der Waals surface area contributed by atoms with Crippen LogP contribution in [-0.4, -0.2) is 38.1 Å². The summed E-state index contributed by atoms with van der Waals surface area (Å²) < 4.78 is 19.3. The van der Waals surface area contributed by atoms with Crippen LogP contribution in [0.4, 0.5) is 4.39 Å². The van der Waals surface area contributed by atoms with Crippen molar-refractivity contribution in [3.8, 4) is 22.4 Å². The fraction of sp³-hybridized carbons (Fsp3) is 0.273. The number of nitrogens with one attached hydrogen (secondary N) is 1. The molecule has 7 heteroatoms. The topological polar surface area (TPSA) is 76.6 Å². The standard InChI is InChI=1S/C17H12FN5.C5H10O/c1-10-21-15-7-13(12-4-6-20-9-14(12)18)16(23-17(15)22-10)11-3-2-5-19-8-11;1-2-4-6-5-3-1/h2-9H,1H3,(H,21,22,23);1-5H2. The van der Waals surface area contributed by atoms with Gasteiger partial charge in [-0.3, -0.25) is 9.97 Å². The van der Waals surface area contributed by atoms with Crippen molar-refractivity contribution in [3.05, 3.63) is 60.7 Å². The third kappa shape index (κ3) is 4.46. The molecule has 0 bridgehead atoms. The van der Waals surface area contributed by atoms with E-state index >= 15 is 0 Å². The number of imidazole rings is 1. The number of hydrogen-bond donors (Lipinski definition) is 1. The van der Waals surface area contributed by atoms with Gasteiger partial charge in [-0.2, -0.15) is 0 Å². The van der Waals surface area contributed by atoms with Crippen LogP contribution in [0.1, 0.15) is 25.1 Å². The van der Waals surface area contributed by atoms with Crippen molar-refractivity contribution in [2.24, 2.45) is 0 Å². The molecule has 1 fully saturated rings. The molecule has 0 unspecified atom stereocenters. The average Bonchev–Trinajstić information content (AvgIpc) is 3.14. The van der Waals surface area contributed by atoms with Gasteiger partial charge >= 0.3 is 0 Å². The van der Waals surface area contributed by atoms with E-state index in [2.05, 4.69) is 24.9 Å². The lowest BCUT2D eigenvalue weighted by Crippen LogP contribution is -2.03. The Balaban J connectivity index is 0.000000294. The third-order valence-corrected chi connectivity index (χ3v) is 4.67. The maximum atomic E-state index is 14.2. The molecular formula is C22H22FN5O. The van der Waals surface area contributed by atoms with Gasteiger partial charge in [0.25, 0.3) is 0 Å². The maximum absolute atomic E-state index is 14.2. The Hall–Kier alpha value is -3.19. The second-order valence-electron chi connectivity index (χ2n) is 6.85. The van der Waals surface area contributed by atoms with Crippen LogP contribution in [0.3, 0.4) is 0 Å². The first-order chi connectivity index (χ1) is 14.2. The van der Waals surface area contributed by atoms with E-state index in [4.69, 9.17) is 4.74 Å². The SMILES string of the molecule is C1CCOCC1.Cc1nc2nc(-c3cccnc3)c(-c3ccncc3F)cc2[nH]1. The van der Waals surface area contributed by atoms with Gasteiger partial charge < -0.3 is 9.72 Å². The number of aryl methyl sites for hydroxylation is 1. The molecule has 1 aliphatic rings. The molecule has 6 nitrogen and oxygen atoms in total. The first kappa shape index (κ1) is 19.1. The Morgan fingerprint density at radius 3 is 2.45 bits per heavy atom. The lowest BCUT2D eigenvalue weighted by atomic mass is 10.0. The summed E-state index contributed by atoms with van der Waals surface area (Å²) in [5, 5.41) is 0. The highest BCUT2D eigenvalue weighted by atomic mass is 19.1. The number of ether oxygens (including phenoxy) is 1. The minimum atomic E-state index is -0.393. The summed E-state index contributed by atoms with van der Waals surface area (Å²) >= 11 is 0. The number of nitrogens with zero attached hydrogens (tertiary/aromatic N) is 4.